The zero-order chi connectivity index (χ0) is 34.5. The third kappa shape index (κ3) is 3.28. The first-order valence-electron chi connectivity index (χ1n) is 18.2. The first-order valence-corrected chi connectivity index (χ1v) is 17.2. The number of nitrogens with zero attached hydrogens (tertiary/aromatic N) is 2. The van der Waals surface area contributed by atoms with Crippen molar-refractivity contribution >= 4 is 53.9 Å². The maximum atomic E-state index is 5.00. The molecule has 2 heteroatoms. The highest BCUT2D eigenvalue weighted by atomic mass is 14.6. The van der Waals surface area contributed by atoms with Gasteiger partial charge in [-0.3, -0.25) is 9.97 Å². The van der Waals surface area contributed by atoms with Gasteiger partial charge < -0.3 is 0 Å². The Hall–Kier alpha value is -6.64. The molecule has 12 rings (SSSR count). The second-order valence-corrected chi connectivity index (χ2v) is 13.7. The quantitative estimate of drug-likeness (QED) is 0.176. The van der Waals surface area contributed by atoms with Gasteiger partial charge in [0.15, 0.2) is 0 Å². The molecule has 0 fully saturated rings. The van der Waals surface area contributed by atoms with Gasteiger partial charge in [0, 0.05) is 29.2 Å². The summed E-state index contributed by atoms with van der Waals surface area (Å²) in [6, 6.07) is 49.9. The Morgan fingerprint density at radius 3 is 1.12 bits per heavy atom. The molecule has 0 atom stereocenters. The summed E-state index contributed by atoms with van der Waals surface area (Å²) in [5, 5.41) is 12.9. The van der Waals surface area contributed by atoms with Crippen LogP contribution in [0.25, 0.3) is 121 Å². The van der Waals surface area contributed by atoms with Crippen molar-refractivity contribution < 1.29 is 4.40 Å². The number of hydrogen-bond donors (Lipinski definition) is 0. The lowest BCUT2D eigenvalue weighted by molar-refractivity contribution is 1.33. The van der Waals surface area contributed by atoms with E-state index in [4.69, 9.17) is 2.97 Å². The van der Waals surface area contributed by atoms with Gasteiger partial charge in [-0.2, -0.15) is 0 Å². The number of hydrogen-bond acceptors (Lipinski definition) is 2. The molecule has 8 aromatic carbocycles. The summed E-state index contributed by atoms with van der Waals surface area (Å²) in [5.74, 6) is 0. The van der Waals surface area contributed by atoms with Crippen LogP contribution >= 0.6 is 0 Å². The Balaban J connectivity index is 0.00000115. The van der Waals surface area contributed by atoms with Crippen molar-refractivity contribution in [1.29, 1.82) is 0 Å². The van der Waals surface area contributed by atoms with E-state index < -0.39 is 0 Å². The average molecular weight is 638 g/mol. The molecule has 2 aliphatic carbocycles. The van der Waals surface area contributed by atoms with Crippen LogP contribution in [0.15, 0.2) is 158 Å². The third-order valence-electron chi connectivity index (χ3n) is 11.3. The third-order valence-corrected chi connectivity index (χ3v) is 11.3. The van der Waals surface area contributed by atoms with Gasteiger partial charge in [0.1, 0.15) is 0 Å². The normalized spacial score (nSPS) is 12.6. The monoisotopic (exact) mass is 637 g/mol. The Labute approximate surface area is 292 Å². The largest absolute Gasteiger partial charge is 0.265 e. The molecule has 2 aromatic heterocycles. The number of benzene rings is 8. The number of fused-ring (bicyclic) bond motifs is 11. The molecule has 50 heavy (non-hydrogen) atoms. The smallest absolute Gasteiger partial charge is 0.0273 e. The summed E-state index contributed by atoms with van der Waals surface area (Å²) >= 11 is 0. The summed E-state index contributed by atoms with van der Waals surface area (Å²) in [5.41, 5.74) is 15.4. The second-order valence-electron chi connectivity index (χ2n) is 13.7. The van der Waals surface area contributed by atoms with Gasteiger partial charge in [-0.15, -0.1) is 0 Å². The maximum absolute atomic E-state index is 5.00. The van der Waals surface area contributed by atoms with Crippen molar-refractivity contribution in [2.75, 3.05) is 0 Å². The van der Waals surface area contributed by atoms with E-state index in [1.165, 1.54) is 121 Å². The van der Waals surface area contributed by atoms with E-state index in [0.29, 0.717) is 0 Å². The van der Waals surface area contributed by atoms with Crippen LogP contribution in [0.1, 0.15) is 4.40 Å². The van der Waals surface area contributed by atoms with E-state index in [1.54, 1.807) is 0 Å². The van der Waals surface area contributed by atoms with Crippen LogP contribution in [-0.4, -0.2) is 9.97 Å². The zero-order valence-corrected chi connectivity index (χ0v) is 26.9. The summed E-state index contributed by atoms with van der Waals surface area (Å²) in [7, 11) is 0. The van der Waals surface area contributed by atoms with Crippen LogP contribution in [0.2, 0.25) is 0 Å². The minimum atomic E-state index is 0. The fraction of sp³-hybridized carbons (Fsp3) is 0. The highest BCUT2D eigenvalue weighted by Gasteiger charge is 2.29. The first kappa shape index (κ1) is 25.4. The second kappa shape index (κ2) is 9.49. The fourth-order valence-electron chi connectivity index (χ4n) is 9.34. The van der Waals surface area contributed by atoms with Gasteiger partial charge in [-0.1, -0.05) is 97.1 Å². The highest BCUT2D eigenvalue weighted by Crippen LogP contribution is 2.56. The van der Waals surface area contributed by atoms with Crippen LogP contribution in [-0.2, 0) is 0 Å². The van der Waals surface area contributed by atoms with Gasteiger partial charge in [-0.25, -0.2) is 0 Å². The van der Waals surface area contributed by atoms with E-state index >= 15 is 0 Å². The predicted molar refractivity (Wildman–Crippen MR) is 214 cm³/mol. The predicted octanol–water partition coefficient (Wildman–Crippen LogP) is 13.4. The Bertz CT molecular complexity index is 2920. The maximum Gasteiger partial charge on any atom is 0.0273 e. The molecular weight excluding hydrogens is 605 g/mol. The number of aromatic nitrogens is 2. The highest BCUT2D eigenvalue weighted by molar-refractivity contribution is 6.30. The lowest BCUT2D eigenvalue weighted by atomic mass is 9.84. The van der Waals surface area contributed by atoms with E-state index in [0.717, 1.165) is 0 Å². The molecule has 2 heterocycles. The van der Waals surface area contributed by atoms with Crippen molar-refractivity contribution in [2.24, 2.45) is 0 Å². The molecule has 10 aromatic rings. The Kier molecular flexibility index (Phi) is 4.82. The SMILES string of the molecule is [2HH].[2H][2H].c1cc2c3c(cccc3c1)-c1c-2cc2c(ccc3c4cc5c(c(-c6ccncc6)c4ccc23)-c2cccc3cccc-5c23)c1-c1ccncc1. The van der Waals surface area contributed by atoms with Crippen molar-refractivity contribution in [3.8, 4) is 66.8 Å². The average Bonchev–Trinajstić information content (AvgIpc) is 3.71. The molecule has 0 spiro atoms. The van der Waals surface area contributed by atoms with Gasteiger partial charge in [0.05, 0.1) is 0 Å². The Morgan fingerprint density at radius 1 is 0.320 bits per heavy atom. The van der Waals surface area contributed by atoms with E-state index in [-0.39, 0.29) is 1.43 Å². The topological polar surface area (TPSA) is 25.8 Å². The molecule has 2 aliphatic rings. The molecule has 0 aliphatic heterocycles. The molecule has 232 valence electrons. The molecule has 0 amide bonds. The lowest BCUT2D eigenvalue weighted by Gasteiger charge is -2.19. The van der Waals surface area contributed by atoms with E-state index in [1.807, 2.05) is 24.8 Å². The van der Waals surface area contributed by atoms with Crippen molar-refractivity contribution in [1.82, 2.24) is 9.97 Å². The van der Waals surface area contributed by atoms with Crippen LogP contribution in [0.3, 0.4) is 0 Å². The lowest BCUT2D eigenvalue weighted by Crippen LogP contribution is -1.92. The van der Waals surface area contributed by atoms with Crippen molar-refractivity contribution in [3.05, 3.63) is 158 Å². The molecule has 0 radical (unpaired) electrons. The summed E-state index contributed by atoms with van der Waals surface area (Å²) in [4.78, 5) is 8.79. The molecular formula is C48H30N2. The van der Waals surface area contributed by atoms with Crippen LogP contribution in [0, 0.1) is 0 Å². The number of pyridine rings is 2. The minimum absolute atomic E-state index is 0. The number of rotatable bonds is 2. The van der Waals surface area contributed by atoms with Gasteiger partial charge >= 0.3 is 0 Å². The fourth-order valence-corrected chi connectivity index (χ4v) is 9.34. The van der Waals surface area contributed by atoms with Crippen LogP contribution in [0.5, 0.6) is 0 Å². The zero-order valence-electron chi connectivity index (χ0n) is 28.9. The molecule has 0 saturated carbocycles. The summed E-state index contributed by atoms with van der Waals surface area (Å²) in [6.45, 7) is 0. The van der Waals surface area contributed by atoms with Gasteiger partial charge in [-0.05, 0) is 157 Å². The molecule has 0 saturated heterocycles. The standard InChI is InChI=1S/C48H26N2.2H2/c1-5-27-7-3-11-37-43(27)33(9-1)41-25-39-31-13-16-36-40(32(31)14-15-35(39)45(47(37)41)29-17-21-49-22-18-29)26-42-34-10-2-6-28-8-4-12-38(44(28)34)48(42)46(36)30-19-23-50-24-20-30;;/h1-26H;2*1H/i;1+1D;1+1. The molecule has 0 bridgehead atoms. The van der Waals surface area contributed by atoms with Crippen molar-refractivity contribution in [2.45, 2.75) is 0 Å². The summed E-state index contributed by atoms with van der Waals surface area (Å²) in [6.07, 6.45) is 7.66. The van der Waals surface area contributed by atoms with Crippen LogP contribution in [0.4, 0.5) is 0 Å². The molecule has 2 nitrogen and oxygen atoms in total. The van der Waals surface area contributed by atoms with Crippen molar-refractivity contribution in [3.63, 3.8) is 0 Å². The van der Waals surface area contributed by atoms with E-state index in [9.17, 15) is 0 Å². The van der Waals surface area contributed by atoms with E-state index in [2.05, 4.69) is 143 Å². The summed E-state index contributed by atoms with van der Waals surface area (Å²) < 4.78 is 10.0. The Morgan fingerprint density at radius 2 is 0.700 bits per heavy atom. The molecule has 0 N–H and O–H groups in total. The first-order chi connectivity index (χ1) is 25.8. The molecule has 0 unspecified atom stereocenters. The minimum Gasteiger partial charge on any atom is -0.265 e. The van der Waals surface area contributed by atoms with Gasteiger partial charge in [0.2, 0.25) is 0 Å². The van der Waals surface area contributed by atoms with Crippen LogP contribution < -0.4 is 0 Å². The van der Waals surface area contributed by atoms with Gasteiger partial charge in [0.25, 0.3) is 0 Å².